The highest BCUT2D eigenvalue weighted by Crippen LogP contribution is 2.49. The molecule has 12 aromatic carbocycles. The number of fused-ring (bicyclic) bond motifs is 11. The van der Waals surface area contributed by atoms with Crippen molar-refractivity contribution in [3.8, 4) is 33.4 Å². The molecule has 0 bridgehead atoms. The zero-order valence-electron chi connectivity index (χ0n) is 34.9. The molecule has 0 amide bonds. The van der Waals surface area contributed by atoms with Crippen LogP contribution in [0, 0.1) is 0 Å². The summed E-state index contributed by atoms with van der Waals surface area (Å²) in [5.74, 6) is 0. The summed E-state index contributed by atoms with van der Waals surface area (Å²) >= 11 is 0. The molecule has 0 fully saturated rings. The van der Waals surface area contributed by atoms with E-state index in [2.05, 4.69) is 241 Å². The number of benzene rings is 12. The summed E-state index contributed by atoms with van der Waals surface area (Å²) in [5.41, 5.74) is 12.3. The van der Waals surface area contributed by atoms with Crippen molar-refractivity contribution in [3.63, 3.8) is 0 Å². The van der Waals surface area contributed by atoms with Crippen molar-refractivity contribution < 1.29 is 4.42 Å². The minimum Gasteiger partial charge on any atom is -0.455 e. The largest absolute Gasteiger partial charge is 0.455 e. The van der Waals surface area contributed by atoms with Crippen LogP contribution in [0.15, 0.2) is 241 Å². The van der Waals surface area contributed by atoms with Gasteiger partial charge in [-0.3, -0.25) is 0 Å². The van der Waals surface area contributed by atoms with E-state index in [1.54, 1.807) is 0 Å². The van der Waals surface area contributed by atoms with E-state index >= 15 is 0 Å². The van der Waals surface area contributed by atoms with E-state index in [4.69, 9.17) is 4.42 Å². The second-order valence-electron chi connectivity index (χ2n) is 16.7. The van der Waals surface area contributed by atoms with Crippen molar-refractivity contribution in [2.45, 2.75) is 0 Å². The summed E-state index contributed by atoms with van der Waals surface area (Å²) in [4.78, 5) is 2.44. The van der Waals surface area contributed by atoms with Crippen LogP contribution in [-0.4, -0.2) is 0 Å². The normalized spacial score (nSPS) is 11.8. The van der Waals surface area contributed by atoms with E-state index in [1.165, 1.54) is 70.9 Å². The highest BCUT2D eigenvalue weighted by Gasteiger charge is 2.23. The van der Waals surface area contributed by atoms with Crippen LogP contribution in [0.25, 0.3) is 109 Å². The third-order valence-electron chi connectivity index (χ3n) is 13.2. The molecule has 2 heteroatoms. The van der Waals surface area contributed by atoms with Gasteiger partial charge in [-0.2, -0.15) is 0 Å². The predicted molar refractivity (Wildman–Crippen MR) is 272 cm³/mol. The molecule has 1 aromatic heterocycles. The fraction of sp³-hybridized carbons (Fsp3) is 0. The number of hydrogen-bond acceptors (Lipinski definition) is 2. The Balaban J connectivity index is 1.04. The minimum atomic E-state index is 0.864. The van der Waals surface area contributed by atoms with Gasteiger partial charge in [0.05, 0.1) is 16.8 Å². The van der Waals surface area contributed by atoms with Crippen LogP contribution >= 0.6 is 0 Å². The quantitative estimate of drug-likeness (QED) is 0.156. The SMILES string of the molecule is c1ccc(-c2c(-c3ccccc3)c3cc(-c4ccc(N(c5cc6ccccc6c6ccccc56)c5cccc6oc7c8ccccc8ccc7c56)cc4)ccc3c3ccccc23)cc1. The fourth-order valence-electron chi connectivity index (χ4n) is 10.3. The maximum Gasteiger partial charge on any atom is 0.143 e. The first-order valence-corrected chi connectivity index (χ1v) is 22.0. The molecule has 0 aliphatic heterocycles. The Hall–Kier alpha value is -8.46. The third kappa shape index (κ3) is 5.66. The molecule has 0 aliphatic rings. The molecule has 0 atom stereocenters. The van der Waals surface area contributed by atoms with Crippen molar-refractivity contribution in [2.75, 3.05) is 4.90 Å². The maximum atomic E-state index is 6.78. The summed E-state index contributed by atoms with van der Waals surface area (Å²) < 4.78 is 6.78. The minimum absolute atomic E-state index is 0.864. The van der Waals surface area contributed by atoms with Gasteiger partial charge in [0.25, 0.3) is 0 Å². The summed E-state index contributed by atoms with van der Waals surface area (Å²) in [6.45, 7) is 0. The number of anilines is 3. The van der Waals surface area contributed by atoms with Gasteiger partial charge in [0, 0.05) is 21.8 Å². The lowest BCUT2D eigenvalue weighted by atomic mass is 9.84. The molecule has 0 unspecified atom stereocenters. The lowest BCUT2D eigenvalue weighted by molar-refractivity contribution is 0.672. The zero-order valence-corrected chi connectivity index (χ0v) is 34.9. The molecule has 0 N–H and O–H groups in total. The molecular formula is C62H39NO. The van der Waals surface area contributed by atoms with Gasteiger partial charge in [0.15, 0.2) is 0 Å². The predicted octanol–water partition coefficient (Wildman–Crippen LogP) is 17.8. The molecule has 0 spiro atoms. The highest BCUT2D eigenvalue weighted by atomic mass is 16.3. The van der Waals surface area contributed by atoms with Gasteiger partial charge >= 0.3 is 0 Å². The molecule has 0 saturated heterocycles. The topological polar surface area (TPSA) is 16.4 Å². The van der Waals surface area contributed by atoms with Gasteiger partial charge < -0.3 is 9.32 Å². The first-order valence-electron chi connectivity index (χ1n) is 22.0. The van der Waals surface area contributed by atoms with Gasteiger partial charge in [0.2, 0.25) is 0 Å². The number of furan rings is 1. The second-order valence-corrected chi connectivity index (χ2v) is 16.7. The lowest BCUT2D eigenvalue weighted by Crippen LogP contribution is -2.11. The summed E-state index contributed by atoms with van der Waals surface area (Å²) in [7, 11) is 0. The van der Waals surface area contributed by atoms with Crippen molar-refractivity contribution in [1.82, 2.24) is 0 Å². The van der Waals surface area contributed by atoms with Gasteiger partial charge in [-0.25, -0.2) is 0 Å². The van der Waals surface area contributed by atoms with Crippen LogP contribution in [-0.2, 0) is 0 Å². The van der Waals surface area contributed by atoms with Crippen molar-refractivity contribution in [2.24, 2.45) is 0 Å². The Morgan fingerprint density at radius 1 is 0.281 bits per heavy atom. The van der Waals surface area contributed by atoms with Crippen LogP contribution < -0.4 is 4.90 Å². The van der Waals surface area contributed by atoms with E-state index in [0.29, 0.717) is 0 Å². The average molecular weight is 814 g/mol. The first-order chi connectivity index (χ1) is 31.8. The molecule has 13 rings (SSSR count). The van der Waals surface area contributed by atoms with Gasteiger partial charge in [-0.1, -0.05) is 194 Å². The lowest BCUT2D eigenvalue weighted by Gasteiger charge is -2.28. The molecule has 0 radical (unpaired) electrons. The van der Waals surface area contributed by atoms with Gasteiger partial charge in [0.1, 0.15) is 11.2 Å². The molecule has 298 valence electrons. The van der Waals surface area contributed by atoms with E-state index in [0.717, 1.165) is 55.3 Å². The van der Waals surface area contributed by atoms with E-state index in [1.807, 2.05) is 0 Å². The standard InChI is InChI=1S/C62H39NO/c1-3-17-42(18-4-1)59-53-27-14-12-25-50(53)51-36-33-44(38-55(51)60(59)43-19-5-2-6-20-43)40-30-34-46(35-31-40)63(57-39-45-21-8-9-22-47(45)49-24-11-13-26-52(49)57)56-28-15-29-58-61(56)54-37-32-41-16-7-10-23-48(41)62(54)64-58/h1-39H. The molecule has 64 heavy (non-hydrogen) atoms. The van der Waals surface area contributed by atoms with E-state index < -0.39 is 0 Å². The van der Waals surface area contributed by atoms with Crippen LogP contribution in [0.1, 0.15) is 0 Å². The summed E-state index contributed by atoms with van der Waals surface area (Å²) in [5, 5.41) is 14.3. The fourth-order valence-corrected chi connectivity index (χ4v) is 10.3. The summed E-state index contributed by atoms with van der Waals surface area (Å²) in [6, 6.07) is 86.0. The number of hydrogen-bond donors (Lipinski definition) is 0. The Bertz CT molecular complexity index is 3940. The Morgan fingerprint density at radius 2 is 0.828 bits per heavy atom. The van der Waals surface area contributed by atoms with Crippen LogP contribution in [0.4, 0.5) is 17.1 Å². The monoisotopic (exact) mass is 813 g/mol. The van der Waals surface area contributed by atoms with Crippen molar-refractivity contribution in [3.05, 3.63) is 237 Å². The molecule has 2 nitrogen and oxygen atoms in total. The van der Waals surface area contributed by atoms with E-state index in [9.17, 15) is 0 Å². The second kappa shape index (κ2) is 14.6. The Kier molecular flexibility index (Phi) is 8.25. The Morgan fingerprint density at radius 3 is 1.56 bits per heavy atom. The zero-order chi connectivity index (χ0) is 42.1. The smallest absolute Gasteiger partial charge is 0.143 e. The molecule has 0 saturated carbocycles. The highest BCUT2D eigenvalue weighted by molar-refractivity contribution is 6.23. The summed E-state index contributed by atoms with van der Waals surface area (Å²) in [6.07, 6.45) is 0. The molecular weight excluding hydrogens is 775 g/mol. The van der Waals surface area contributed by atoms with Crippen LogP contribution in [0.5, 0.6) is 0 Å². The van der Waals surface area contributed by atoms with Crippen LogP contribution in [0.2, 0.25) is 0 Å². The molecule has 0 aliphatic carbocycles. The van der Waals surface area contributed by atoms with Gasteiger partial charge in [-0.05, 0) is 119 Å². The van der Waals surface area contributed by atoms with Crippen LogP contribution in [0.3, 0.4) is 0 Å². The molecule has 13 aromatic rings. The van der Waals surface area contributed by atoms with Gasteiger partial charge in [-0.15, -0.1) is 0 Å². The van der Waals surface area contributed by atoms with Crippen molar-refractivity contribution in [1.29, 1.82) is 0 Å². The average Bonchev–Trinajstić information content (AvgIpc) is 3.77. The Labute approximate surface area is 370 Å². The maximum absolute atomic E-state index is 6.78. The first kappa shape index (κ1) is 36.2. The number of nitrogens with zero attached hydrogens (tertiary/aromatic N) is 1. The van der Waals surface area contributed by atoms with E-state index in [-0.39, 0.29) is 0 Å². The molecule has 1 heterocycles. The number of rotatable bonds is 6. The van der Waals surface area contributed by atoms with Crippen molar-refractivity contribution >= 4 is 92.9 Å². The third-order valence-corrected chi connectivity index (χ3v) is 13.2.